The highest BCUT2D eigenvalue weighted by molar-refractivity contribution is 7.15. The fourth-order valence-corrected chi connectivity index (χ4v) is 3.34. The molecule has 5 nitrogen and oxygen atoms in total. The number of fused-ring (bicyclic) bond motifs is 1. The maximum absolute atomic E-state index is 10.1. The van der Waals surface area contributed by atoms with E-state index in [1.807, 2.05) is 6.92 Å². The molecule has 3 rings (SSSR count). The Morgan fingerprint density at radius 3 is 3.11 bits per heavy atom. The summed E-state index contributed by atoms with van der Waals surface area (Å²) < 4.78 is 2.15. The first-order chi connectivity index (χ1) is 9.11. The Morgan fingerprint density at radius 1 is 1.58 bits per heavy atom. The van der Waals surface area contributed by atoms with Gasteiger partial charge in [-0.3, -0.25) is 4.40 Å². The number of hydrogen-bond donors (Lipinski definition) is 2. The Bertz CT molecular complexity index is 574. The quantitative estimate of drug-likeness (QED) is 0.890. The number of nitrogens with zero attached hydrogens (tertiary/aromatic N) is 3. The number of thiazole rings is 1. The van der Waals surface area contributed by atoms with Crippen molar-refractivity contribution in [2.24, 2.45) is 0 Å². The summed E-state index contributed by atoms with van der Waals surface area (Å²) in [5, 5.41) is 15.6. The average Bonchev–Trinajstić information content (AvgIpc) is 3.00. The molecule has 0 spiro atoms. The van der Waals surface area contributed by atoms with Gasteiger partial charge in [0.15, 0.2) is 10.8 Å². The van der Waals surface area contributed by atoms with Gasteiger partial charge < -0.3 is 15.3 Å². The molecule has 1 saturated heterocycles. The Balaban J connectivity index is 1.95. The first-order valence-electron chi connectivity index (χ1n) is 6.73. The highest BCUT2D eigenvalue weighted by Gasteiger charge is 2.34. The molecule has 0 aromatic carbocycles. The fourth-order valence-electron chi connectivity index (χ4n) is 2.61. The maximum atomic E-state index is 10.1. The monoisotopic (exact) mass is 280 g/mol. The van der Waals surface area contributed by atoms with Crippen molar-refractivity contribution < 1.29 is 5.11 Å². The van der Waals surface area contributed by atoms with Gasteiger partial charge in [0.2, 0.25) is 0 Å². The van der Waals surface area contributed by atoms with Crippen LogP contribution in [0, 0.1) is 0 Å². The Labute approximate surface area is 116 Å². The minimum atomic E-state index is -0.591. The molecule has 1 aliphatic rings. The van der Waals surface area contributed by atoms with Crippen LogP contribution in [0.3, 0.4) is 0 Å². The van der Waals surface area contributed by atoms with E-state index in [9.17, 15) is 5.11 Å². The number of nitrogens with one attached hydrogen (secondary N) is 1. The number of aliphatic hydroxyl groups is 1. The fraction of sp³-hybridized carbons (Fsp3) is 0.615. The first kappa shape index (κ1) is 12.9. The van der Waals surface area contributed by atoms with Gasteiger partial charge in [-0.05, 0) is 19.9 Å². The molecule has 0 radical (unpaired) electrons. The van der Waals surface area contributed by atoms with E-state index in [0.29, 0.717) is 6.54 Å². The lowest BCUT2D eigenvalue weighted by Gasteiger charge is -2.20. The summed E-state index contributed by atoms with van der Waals surface area (Å²) >= 11 is 1.65. The summed E-state index contributed by atoms with van der Waals surface area (Å²) in [6, 6.07) is 0. The van der Waals surface area contributed by atoms with Crippen molar-refractivity contribution in [2.75, 3.05) is 24.5 Å². The van der Waals surface area contributed by atoms with Crippen molar-refractivity contribution in [3.8, 4) is 0 Å². The summed E-state index contributed by atoms with van der Waals surface area (Å²) in [6.07, 6.45) is 2.87. The van der Waals surface area contributed by atoms with Crippen molar-refractivity contribution in [3.05, 3.63) is 17.3 Å². The average molecular weight is 280 g/mol. The van der Waals surface area contributed by atoms with E-state index >= 15 is 0 Å². The molecule has 1 unspecified atom stereocenters. The van der Waals surface area contributed by atoms with Crippen molar-refractivity contribution in [1.82, 2.24) is 14.7 Å². The number of rotatable bonds is 4. The summed E-state index contributed by atoms with van der Waals surface area (Å²) in [5.41, 5.74) is 0.600. The molecule has 2 aromatic rings. The van der Waals surface area contributed by atoms with E-state index in [2.05, 4.69) is 33.1 Å². The van der Waals surface area contributed by atoms with Crippen LogP contribution in [0.2, 0.25) is 0 Å². The number of aromatic nitrogens is 2. The predicted octanol–water partition coefficient (Wildman–Crippen LogP) is 1.47. The first-order valence-corrected chi connectivity index (χ1v) is 7.61. The van der Waals surface area contributed by atoms with Gasteiger partial charge in [0.25, 0.3) is 0 Å². The summed E-state index contributed by atoms with van der Waals surface area (Å²) in [7, 11) is 0. The maximum Gasteiger partial charge on any atom is 0.195 e. The number of anilines is 1. The number of β-amino-alcohol motifs (C(OH)–C–C–N with tert-alkyl or cyclic N) is 1. The second kappa shape index (κ2) is 4.77. The lowest BCUT2D eigenvalue weighted by Crippen LogP contribution is -2.30. The van der Waals surface area contributed by atoms with Crippen LogP contribution in [0.15, 0.2) is 11.6 Å². The summed E-state index contributed by atoms with van der Waals surface area (Å²) in [5.74, 6) is 1.02. The molecule has 0 bridgehead atoms. The number of imidazole rings is 1. The SMILES string of the molecule is CCNCc1c(N2CCC(C)(O)C2)nc2sccn12. The molecule has 2 aromatic heterocycles. The third-order valence-electron chi connectivity index (χ3n) is 3.63. The lowest BCUT2D eigenvalue weighted by atomic mass is 10.1. The molecule has 6 heteroatoms. The van der Waals surface area contributed by atoms with Gasteiger partial charge in [-0.1, -0.05) is 6.92 Å². The van der Waals surface area contributed by atoms with E-state index in [1.165, 1.54) is 5.69 Å². The third-order valence-corrected chi connectivity index (χ3v) is 4.39. The Morgan fingerprint density at radius 2 is 2.42 bits per heavy atom. The Hall–Kier alpha value is -1.11. The van der Waals surface area contributed by atoms with E-state index in [1.54, 1.807) is 11.3 Å². The van der Waals surface area contributed by atoms with Crippen LogP contribution in [0.4, 0.5) is 5.82 Å². The lowest BCUT2D eigenvalue weighted by molar-refractivity contribution is 0.0839. The van der Waals surface area contributed by atoms with Crippen LogP contribution in [0.25, 0.3) is 4.96 Å². The van der Waals surface area contributed by atoms with Gasteiger partial charge in [-0.2, -0.15) is 0 Å². The van der Waals surface area contributed by atoms with E-state index in [-0.39, 0.29) is 0 Å². The standard InChI is InChI=1S/C13H20N4OS/c1-3-14-8-10-11(15-12-17(10)6-7-19-12)16-5-4-13(2,18)9-16/h6-7,14,18H,3-5,8-9H2,1-2H3. The van der Waals surface area contributed by atoms with Crippen molar-refractivity contribution in [2.45, 2.75) is 32.4 Å². The van der Waals surface area contributed by atoms with Gasteiger partial charge in [-0.25, -0.2) is 4.98 Å². The predicted molar refractivity (Wildman–Crippen MR) is 77.9 cm³/mol. The number of hydrogen-bond acceptors (Lipinski definition) is 5. The van der Waals surface area contributed by atoms with Gasteiger partial charge >= 0.3 is 0 Å². The molecule has 1 fully saturated rings. The van der Waals surface area contributed by atoms with Gasteiger partial charge in [-0.15, -0.1) is 11.3 Å². The second-order valence-electron chi connectivity index (χ2n) is 5.39. The largest absolute Gasteiger partial charge is 0.388 e. The van der Waals surface area contributed by atoms with Crippen molar-refractivity contribution in [3.63, 3.8) is 0 Å². The van der Waals surface area contributed by atoms with Crippen LogP contribution in [0.5, 0.6) is 0 Å². The minimum Gasteiger partial charge on any atom is -0.388 e. The van der Waals surface area contributed by atoms with Crippen LogP contribution in [0.1, 0.15) is 26.0 Å². The van der Waals surface area contributed by atoms with Crippen LogP contribution in [-0.2, 0) is 6.54 Å². The second-order valence-corrected chi connectivity index (χ2v) is 6.26. The molecular formula is C13H20N4OS. The van der Waals surface area contributed by atoms with E-state index in [0.717, 1.165) is 36.8 Å². The zero-order chi connectivity index (χ0) is 13.5. The molecule has 19 heavy (non-hydrogen) atoms. The van der Waals surface area contributed by atoms with Crippen LogP contribution >= 0.6 is 11.3 Å². The van der Waals surface area contributed by atoms with Crippen molar-refractivity contribution >= 4 is 22.1 Å². The topological polar surface area (TPSA) is 52.8 Å². The molecule has 2 N–H and O–H groups in total. The molecule has 3 heterocycles. The minimum absolute atomic E-state index is 0.591. The van der Waals surface area contributed by atoms with Gasteiger partial charge in [0.1, 0.15) is 0 Å². The molecule has 104 valence electrons. The Kier molecular flexibility index (Phi) is 3.24. The molecule has 0 saturated carbocycles. The van der Waals surface area contributed by atoms with Crippen molar-refractivity contribution in [1.29, 1.82) is 0 Å². The highest BCUT2D eigenvalue weighted by Crippen LogP contribution is 2.30. The molecular weight excluding hydrogens is 260 g/mol. The van der Waals surface area contributed by atoms with Gasteiger partial charge in [0, 0.05) is 31.2 Å². The molecule has 1 aliphatic heterocycles. The van der Waals surface area contributed by atoms with E-state index < -0.39 is 5.60 Å². The molecule has 0 amide bonds. The molecule has 0 aliphatic carbocycles. The van der Waals surface area contributed by atoms with Crippen LogP contribution < -0.4 is 10.2 Å². The third kappa shape index (κ3) is 2.35. The summed E-state index contributed by atoms with van der Waals surface area (Å²) in [4.78, 5) is 7.95. The normalized spacial score (nSPS) is 23.6. The highest BCUT2D eigenvalue weighted by atomic mass is 32.1. The zero-order valence-corrected chi connectivity index (χ0v) is 12.2. The zero-order valence-electron chi connectivity index (χ0n) is 11.4. The van der Waals surface area contributed by atoms with Gasteiger partial charge in [0.05, 0.1) is 11.3 Å². The molecule has 1 atom stereocenters. The smallest absolute Gasteiger partial charge is 0.195 e. The van der Waals surface area contributed by atoms with E-state index in [4.69, 9.17) is 4.98 Å². The van der Waals surface area contributed by atoms with Crippen LogP contribution in [-0.4, -0.2) is 39.7 Å². The summed E-state index contributed by atoms with van der Waals surface area (Å²) in [6.45, 7) is 7.28.